The maximum absolute atomic E-state index is 12.4. The van der Waals surface area contributed by atoms with Gasteiger partial charge in [-0.25, -0.2) is 4.98 Å². The maximum Gasteiger partial charge on any atom is 0.275 e. The minimum atomic E-state index is -0.698. The first kappa shape index (κ1) is 20.6. The van der Waals surface area contributed by atoms with Gasteiger partial charge >= 0.3 is 0 Å². The summed E-state index contributed by atoms with van der Waals surface area (Å²) in [7, 11) is 4.92. The monoisotopic (exact) mass is 424 g/mol. The lowest BCUT2D eigenvalue weighted by Gasteiger charge is -2.30. The van der Waals surface area contributed by atoms with Crippen LogP contribution in [0.3, 0.4) is 0 Å². The Morgan fingerprint density at radius 2 is 1.94 bits per heavy atom. The predicted molar refractivity (Wildman–Crippen MR) is 116 cm³/mol. The molecule has 2 heterocycles. The van der Waals surface area contributed by atoms with Gasteiger partial charge < -0.3 is 20.6 Å². The molecule has 0 bridgehead atoms. The van der Waals surface area contributed by atoms with Crippen LogP contribution in [0.25, 0.3) is 0 Å². The zero-order valence-corrected chi connectivity index (χ0v) is 18.0. The van der Waals surface area contributed by atoms with Crippen LogP contribution in [0, 0.1) is 5.41 Å². The third-order valence-electron chi connectivity index (χ3n) is 5.63. The van der Waals surface area contributed by atoms with Crippen LogP contribution >= 0.6 is 0 Å². The zero-order chi connectivity index (χ0) is 22.7. The van der Waals surface area contributed by atoms with Crippen molar-refractivity contribution < 1.29 is 9.90 Å². The number of aromatic nitrogens is 3. The highest BCUT2D eigenvalue weighted by molar-refractivity contribution is 5.97. The van der Waals surface area contributed by atoms with Crippen LogP contribution in [0.1, 0.15) is 41.6 Å². The number of anilines is 3. The van der Waals surface area contributed by atoms with Crippen molar-refractivity contribution in [3.8, 4) is 5.75 Å². The first-order valence-electron chi connectivity index (χ1n) is 9.80. The van der Waals surface area contributed by atoms with Crippen LogP contribution in [0.2, 0.25) is 0 Å². The van der Waals surface area contributed by atoms with E-state index in [1.165, 1.54) is 31.3 Å². The van der Waals surface area contributed by atoms with Crippen molar-refractivity contribution in [1.82, 2.24) is 19.7 Å². The molecular formula is C21H24N6O4. The fourth-order valence-corrected chi connectivity index (χ4v) is 4.01. The van der Waals surface area contributed by atoms with Gasteiger partial charge in [-0.15, -0.1) is 0 Å². The van der Waals surface area contributed by atoms with E-state index in [9.17, 15) is 19.5 Å². The third-order valence-corrected chi connectivity index (χ3v) is 5.63. The van der Waals surface area contributed by atoms with Crippen molar-refractivity contribution in [2.24, 2.45) is 12.5 Å². The SMILES string of the molecule is CN(C)C(=O)c1nccc(Nc2c(NC3c4nn(C)cc4CC3(C)C)c(=O)c2=O)c1O. The van der Waals surface area contributed by atoms with Crippen LogP contribution in [0.15, 0.2) is 28.0 Å². The van der Waals surface area contributed by atoms with E-state index in [0.29, 0.717) is 0 Å². The minimum Gasteiger partial charge on any atom is -0.504 e. The highest BCUT2D eigenvalue weighted by atomic mass is 16.3. The van der Waals surface area contributed by atoms with Crippen molar-refractivity contribution in [3.05, 3.63) is 55.9 Å². The van der Waals surface area contributed by atoms with Crippen molar-refractivity contribution in [2.75, 3.05) is 24.7 Å². The molecule has 0 radical (unpaired) electrons. The lowest BCUT2D eigenvalue weighted by atomic mass is 9.85. The van der Waals surface area contributed by atoms with Crippen LogP contribution in [-0.2, 0) is 13.5 Å². The molecule has 0 saturated heterocycles. The predicted octanol–water partition coefficient (Wildman–Crippen LogP) is 1.30. The molecular weight excluding hydrogens is 400 g/mol. The first-order valence-corrected chi connectivity index (χ1v) is 9.80. The number of hydrogen-bond donors (Lipinski definition) is 3. The number of nitrogens with zero attached hydrogens (tertiary/aromatic N) is 4. The number of aryl methyl sites for hydroxylation is 1. The number of nitrogens with one attached hydrogen (secondary N) is 2. The van der Waals surface area contributed by atoms with E-state index in [1.54, 1.807) is 4.68 Å². The molecule has 0 spiro atoms. The normalized spacial score (nSPS) is 16.9. The van der Waals surface area contributed by atoms with Gasteiger partial charge in [0.2, 0.25) is 0 Å². The van der Waals surface area contributed by atoms with Gasteiger partial charge in [0.25, 0.3) is 16.8 Å². The van der Waals surface area contributed by atoms with Gasteiger partial charge in [-0.2, -0.15) is 5.10 Å². The number of pyridine rings is 1. The highest BCUT2D eigenvalue weighted by Crippen LogP contribution is 2.46. The largest absolute Gasteiger partial charge is 0.504 e. The van der Waals surface area contributed by atoms with Gasteiger partial charge in [-0.1, -0.05) is 13.8 Å². The molecule has 162 valence electrons. The molecule has 0 saturated carbocycles. The Bertz CT molecular complexity index is 1270. The van der Waals surface area contributed by atoms with E-state index in [4.69, 9.17) is 0 Å². The second kappa shape index (κ2) is 6.93. The maximum atomic E-state index is 12.4. The average Bonchev–Trinajstić information content (AvgIpc) is 3.16. The number of hydrogen-bond acceptors (Lipinski definition) is 8. The molecule has 1 aromatic carbocycles. The Kier molecular flexibility index (Phi) is 4.60. The minimum absolute atomic E-state index is 0.0370. The molecule has 1 aliphatic rings. The first-order chi connectivity index (χ1) is 14.5. The molecule has 4 rings (SSSR count). The molecule has 31 heavy (non-hydrogen) atoms. The molecule has 3 aromatic rings. The zero-order valence-electron chi connectivity index (χ0n) is 18.0. The van der Waals surface area contributed by atoms with Gasteiger partial charge in [0.15, 0.2) is 11.4 Å². The quantitative estimate of drug-likeness (QED) is 0.523. The molecule has 1 atom stereocenters. The Hall–Kier alpha value is -3.69. The van der Waals surface area contributed by atoms with Gasteiger partial charge in [0.05, 0.1) is 17.4 Å². The molecule has 0 aliphatic heterocycles. The molecule has 3 N–H and O–H groups in total. The smallest absolute Gasteiger partial charge is 0.275 e. The summed E-state index contributed by atoms with van der Waals surface area (Å²) in [6.07, 6.45) is 4.09. The number of fused-ring (bicyclic) bond motifs is 1. The van der Waals surface area contributed by atoms with Crippen molar-refractivity contribution in [1.29, 1.82) is 0 Å². The van der Waals surface area contributed by atoms with Crippen molar-refractivity contribution in [3.63, 3.8) is 0 Å². The summed E-state index contributed by atoms with van der Waals surface area (Å²) < 4.78 is 1.73. The summed E-state index contributed by atoms with van der Waals surface area (Å²) in [4.78, 5) is 42.1. The lowest BCUT2D eigenvalue weighted by Crippen LogP contribution is -2.39. The molecule has 1 unspecified atom stereocenters. The third kappa shape index (κ3) is 3.24. The summed E-state index contributed by atoms with van der Waals surface area (Å²) in [5.41, 5.74) is 0.518. The summed E-state index contributed by atoms with van der Waals surface area (Å²) in [6.45, 7) is 4.14. The van der Waals surface area contributed by atoms with E-state index in [0.717, 1.165) is 17.7 Å². The molecule has 10 nitrogen and oxygen atoms in total. The Balaban J connectivity index is 1.67. The number of amides is 1. The topological polar surface area (TPSA) is 129 Å². The molecule has 0 fully saturated rings. The van der Waals surface area contributed by atoms with Crippen LogP contribution in [-0.4, -0.2) is 44.8 Å². The van der Waals surface area contributed by atoms with Crippen molar-refractivity contribution >= 4 is 23.0 Å². The van der Waals surface area contributed by atoms with Crippen LogP contribution in [0.4, 0.5) is 17.1 Å². The average molecular weight is 424 g/mol. The second-order valence-electron chi connectivity index (χ2n) is 8.74. The van der Waals surface area contributed by atoms with Gasteiger partial charge in [0.1, 0.15) is 11.4 Å². The van der Waals surface area contributed by atoms with Gasteiger partial charge in [-0.3, -0.25) is 19.1 Å². The van der Waals surface area contributed by atoms with E-state index < -0.39 is 22.5 Å². The summed E-state index contributed by atoms with van der Waals surface area (Å²) in [5.74, 6) is -0.881. The summed E-state index contributed by atoms with van der Waals surface area (Å²) >= 11 is 0. The van der Waals surface area contributed by atoms with E-state index in [1.807, 2.05) is 13.2 Å². The number of rotatable bonds is 5. The summed E-state index contributed by atoms with van der Waals surface area (Å²) in [5, 5.41) is 21.0. The molecule has 2 aromatic heterocycles. The number of carbonyl (C=O) groups is 1. The Morgan fingerprint density at radius 3 is 2.61 bits per heavy atom. The van der Waals surface area contributed by atoms with Gasteiger partial charge in [-0.05, 0) is 23.5 Å². The van der Waals surface area contributed by atoms with E-state index in [2.05, 4.69) is 34.6 Å². The van der Waals surface area contributed by atoms with Gasteiger partial charge in [0, 0.05) is 33.5 Å². The van der Waals surface area contributed by atoms with Crippen molar-refractivity contribution in [2.45, 2.75) is 26.3 Å². The number of aromatic hydroxyl groups is 1. The molecule has 10 heteroatoms. The standard InChI is InChI=1S/C21H24N6O4/c1-21(2)8-10-9-27(5)25-12(10)19(21)24-14-13(17(29)18(14)30)23-11-6-7-22-15(16(11)28)20(31)26(3)4/h6-7,9,19,24,28H,8H2,1-5H3,(H,22,23). The Morgan fingerprint density at radius 1 is 1.26 bits per heavy atom. The fraction of sp³-hybridized carbons (Fsp3) is 0.381. The Labute approximate surface area is 178 Å². The fourth-order valence-electron chi connectivity index (χ4n) is 4.01. The lowest BCUT2D eigenvalue weighted by molar-refractivity contribution is 0.0819. The molecule has 1 amide bonds. The van der Waals surface area contributed by atoms with E-state index in [-0.39, 0.29) is 34.2 Å². The van der Waals surface area contributed by atoms with Crippen LogP contribution in [0.5, 0.6) is 5.75 Å². The van der Waals surface area contributed by atoms with Crippen LogP contribution < -0.4 is 21.5 Å². The van der Waals surface area contributed by atoms with E-state index >= 15 is 0 Å². The number of carbonyl (C=O) groups excluding carboxylic acids is 1. The highest BCUT2D eigenvalue weighted by Gasteiger charge is 2.42. The summed E-state index contributed by atoms with van der Waals surface area (Å²) in [6, 6.07) is 1.17. The second-order valence-corrected chi connectivity index (χ2v) is 8.74. The molecule has 1 aliphatic carbocycles.